The lowest BCUT2D eigenvalue weighted by Gasteiger charge is -2.47. The maximum Gasteiger partial charge on any atom is 0.214 e. The molecule has 346 valence electrons. The largest absolute Gasteiger partial charge is 0.508 e. The summed E-state index contributed by atoms with van der Waals surface area (Å²) in [4.78, 5) is 70.9. The van der Waals surface area contributed by atoms with Gasteiger partial charge in [0.05, 0.1) is 24.4 Å². The Kier molecular flexibility index (Phi) is 13.6. The molecule has 2 saturated heterocycles. The fraction of sp³-hybridized carbons (Fsp3) is 0.326. The highest BCUT2D eigenvalue weighted by molar-refractivity contribution is 6.42. The number of benzene rings is 2. The van der Waals surface area contributed by atoms with Gasteiger partial charge in [-0.1, -0.05) is 36.4 Å². The van der Waals surface area contributed by atoms with Crippen LogP contribution in [0.2, 0.25) is 0 Å². The molecule has 0 spiro atoms. The van der Waals surface area contributed by atoms with Crippen LogP contribution in [0.4, 0.5) is 0 Å². The predicted molar refractivity (Wildman–Crippen MR) is 214 cm³/mol. The lowest BCUT2D eigenvalue weighted by Crippen LogP contribution is -2.69. The Balaban J connectivity index is 1.59. The molecule has 12 unspecified atom stereocenters. The third kappa shape index (κ3) is 8.22. The Hall–Kier alpha value is -6.25. The minimum Gasteiger partial charge on any atom is -0.508 e. The van der Waals surface area contributed by atoms with Crippen molar-refractivity contribution in [1.29, 1.82) is 0 Å². The fourth-order valence-electron chi connectivity index (χ4n) is 7.68. The number of aliphatic hydroxyl groups excluding tert-OH is 11. The lowest BCUT2D eigenvalue weighted by molar-refractivity contribution is -0.265. The molecule has 2 heterocycles. The van der Waals surface area contributed by atoms with Gasteiger partial charge in [0.1, 0.15) is 101 Å². The number of allylic oxidation sites excluding steroid dienone is 6. The molecular weight excluding hydrogens is 868 g/mol. The van der Waals surface area contributed by atoms with Crippen LogP contribution in [0.1, 0.15) is 11.1 Å². The number of aliphatic hydroxyl groups is 13. The highest BCUT2D eigenvalue weighted by Crippen LogP contribution is 2.45. The molecule has 2 aromatic carbocycles. The summed E-state index contributed by atoms with van der Waals surface area (Å²) in [5, 5.41) is 162. The molecule has 12 atom stereocenters. The van der Waals surface area contributed by atoms with Crippen LogP contribution in [0.3, 0.4) is 0 Å². The number of ether oxygens (including phenoxy) is 2. The van der Waals surface area contributed by atoms with E-state index in [-0.39, 0.29) is 28.7 Å². The van der Waals surface area contributed by atoms with E-state index in [0.29, 0.717) is 12.2 Å². The minimum atomic E-state index is -3.89. The van der Waals surface area contributed by atoms with Crippen molar-refractivity contribution in [3.05, 3.63) is 117 Å². The van der Waals surface area contributed by atoms with Gasteiger partial charge >= 0.3 is 0 Å². The average molecular weight is 911 g/mol. The van der Waals surface area contributed by atoms with Crippen molar-refractivity contribution in [3.8, 4) is 11.5 Å². The zero-order valence-corrected chi connectivity index (χ0v) is 33.3. The third-order valence-corrected chi connectivity index (χ3v) is 11.4. The molecule has 4 aliphatic rings. The number of phenols is 2. The van der Waals surface area contributed by atoms with Crippen LogP contribution in [0.5, 0.6) is 11.5 Å². The van der Waals surface area contributed by atoms with Crippen LogP contribution in [0.25, 0.3) is 12.2 Å². The number of rotatable bonds is 11. The van der Waals surface area contributed by atoms with Crippen molar-refractivity contribution >= 4 is 41.1 Å². The third-order valence-electron chi connectivity index (χ3n) is 11.4. The van der Waals surface area contributed by atoms with E-state index in [1.54, 1.807) is 0 Å². The van der Waals surface area contributed by atoms with E-state index in [1.807, 2.05) is 0 Å². The zero-order valence-electron chi connectivity index (χ0n) is 33.3. The van der Waals surface area contributed by atoms with Gasteiger partial charge in [-0.25, -0.2) is 0 Å². The molecule has 0 radical (unpaired) electrons. The highest BCUT2D eigenvalue weighted by atomic mass is 16.6. The van der Waals surface area contributed by atoms with Gasteiger partial charge in [-0.3, -0.25) is 24.0 Å². The lowest BCUT2D eigenvalue weighted by atomic mass is 9.70. The number of ketones is 5. The molecular formula is C43H42O22. The molecule has 0 bridgehead atoms. The van der Waals surface area contributed by atoms with Crippen molar-refractivity contribution in [2.45, 2.75) is 72.2 Å². The summed E-state index contributed by atoms with van der Waals surface area (Å²) in [6.45, 7) is -2.32. The van der Waals surface area contributed by atoms with Crippen LogP contribution in [-0.2, 0) is 33.4 Å². The van der Waals surface area contributed by atoms with Crippen molar-refractivity contribution < 1.29 is 110 Å². The fourth-order valence-corrected chi connectivity index (χ4v) is 7.68. The van der Waals surface area contributed by atoms with E-state index in [0.717, 1.165) is 12.2 Å². The first kappa shape index (κ1) is 48.2. The highest BCUT2D eigenvalue weighted by Gasteiger charge is 2.64. The molecule has 0 amide bonds. The number of phenolic OH excluding ortho intramolecular Hbond substituents is 2. The first-order valence-corrected chi connectivity index (χ1v) is 19.3. The average Bonchev–Trinajstić information content (AvgIpc) is 3.28. The molecule has 0 saturated carbocycles. The maximum absolute atomic E-state index is 14.5. The SMILES string of the molecule is O=C(/C=C/c1ccc(O)cc1)C1=C(O)C(O)(C2OC(CO)C(O)C(O)C2O)C(=O)/C(=C\C2=C(O)C(O)(C3OC(CO)C(O)C(O)C3O)C(O)=C(C(=O)/C=C/c3ccc(O)cc3)C2=O)C1=O. The number of aromatic hydroxyl groups is 2. The summed E-state index contributed by atoms with van der Waals surface area (Å²) >= 11 is 0. The van der Waals surface area contributed by atoms with E-state index in [2.05, 4.69) is 0 Å². The van der Waals surface area contributed by atoms with E-state index in [9.17, 15) is 101 Å². The summed E-state index contributed by atoms with van der Waals surface area (Å²) in [5.74, 6) is -14.7. The van der Waals surface area contributed by atoms with Gasteiger partial charge < -0.3 is 86.1 Å². The van der Waals surface area contributed by atoms with Crippen molar-refractivity contribution in [2.75, 3.05) is 13.2 Å². The summed E-state index contributed by atoms with van der Waals surface area (Å²) in [6, 6.07) is 9.97. The Morgan fingerprint density at radius 2 is 0.923 bits per heavy atom. The standard InChI is InChI=1S/C43H42O22/c44-14-24-30(52)32(54)34(56)40(64-24)42(62)36(58)20(28(50)26(38(42)60)22(48)11-5-16-1-7-18(46)8-2-16)13-21-29(51)27(23(49)12-6-17-3-9-19(47)10-4-17)39(61)43(63,37(21)59)41-35(57)33(55)31(53)25(15-45)65-41/h1-13,24-25,30-35,40-41,44-47,52-58,60-63H,14-15H2/b11-5+,12-6+,21-13-. The van der Waals surface area contributed by atoms with Crippen molar-refractivity contribution in [3.63, 3.8) is 0 Å². The van der Waals surface area contributed by atoms with Gasteiger partial charge in [-0.2, -0.15) is 0 Å². The maximum atomic E-state index is 14.5. The minimum absolute atomic E-state index is 0.0686. The van der Waals surface area contributed by atoms with Gasteiger partial charge in [0, 0.05) is 0 Å². The summed E-state index contributed by atoms with van der Waals surface area (Å²) in [7, 11) is 0. The normalized spacial score (nSPS) is 34.4. The summed E-state index contributed by atoms with van der Waals surface area (Å²) in [5.41, 5.74) is -13.4. The topological polar surface area (TPSA) is 407 Å². The molecule has 0 aromatic heterocycles. The molecule has 6 rings (SSSR count). The van der Waals surface area contributed by atoms with Gasteiger partial charge in [-0.05, 0) is 53.6 Å². The molecule has 2 aliphatic carbocycles. The molecule has 2 aromatic rings. The number of carbonyl (C=O) groups excluding carboxylic acids is 5. The van der Waals surface area contributed by atoms with Crippen molar-refractivity contribution in [1.82, 2.24) is 0 Å². The second kappa shape index (κ2) is 18.3. The van der Waals surface area contributed by atoms with Gasteiger partial charge in [0.2, 0.25) is 28.6 Å². The van der Waals surface area contributed by atoms with E-state index >= 15 is 0 Å². The van der Waals surface area contributed by atoms with Crippen LogP contribution in [0.15, 0.2) is 106 Å². The van der Waals surface area contributed by atoms with Gasteiger partial charge in [0.15, 0.2) is 11.6 Å². The van der Waals surface area contributed by atoms with Crippen LogP contribution >= 0.6 is 0 Å². The monoisotopic (exact) mass is 910 g/mol. The van der Waals surface area contributed by atoms with Crippen LogP contribution in [-0.4, -0.2) is 191 Å². The molecule has 22 heteroatoms. The summed E-state index contributed by atoms with van der Waals surface area (Å²) < 4.78 is 10.7. The Morgan fingerprint density at radius 3 is 1.34 bits per heavy atom. The second-order valence-corrected chi connectivity index (χ2v) is 15.4. The Labute approximate surface area is 365 Å². The van der Waals surface area contributed by atoms with Gasteiger partial charge in [0.25, 0.3) is 0 Å². The molecule has 22 nitrogen and oxygen atoms in total. The quantitative estimate of drug-likeness (QED) is 0.0759. The van der Waals surface area contributed by atoms with Crippen LogP contribution in [0, 0.1) is 0 Å². The molecule has 65 heavy (non-hydrogen) atoms. The number of Topliss-reactive ketones (excluding diaryl/α,β-unsaturated/α-hetero) is 3. The molecule has 15 N–H and O–H groups in total. The first-order valence-electron chi connectivity index (χ1n) is 19.3. The van der Waals surface area contributed by atoms with Crippen LogP contribution < -0.4 is 0 Å². The first-order chi connectivity index (χ1) is 30.5. The van der Waals surface area contributed by atoms with Gasteiger partial charge in [-0.15, -0.1) is 0 Å². The Bertz CT molecular complexity index is 2460. The van der Waals surface area contributed by atoms with E-state index in [1.165, 1.54) is 48.5 Å². The number of hydrogen-bond acceptors (Lipinski definition) is 22. The molecule has 2 fully saturated rings. The predicted octanol–water partition coefficient (Wildman–Crippen LogP) is -3.79. The Morgan fingerprint density at radius 1 is 0.538 bits per heavy atom. The second-order valence-electron chi connectivity index (χ2n) is 15.4. The van der Waals surface area contributed by atoms with Crippen molar-refractivity contribution in [2.24, 2.45) is 0 Å². The zero-order chi connectivity index (χ0) is 48.0. The number of carbonyl (C=O) groups is 5. The van der Waals surface area contributed by atoms with E-state index < -0.39 is 154 Å². The number of hydrogen-bond donors (Lipinski definition) is 15. The van der Waals surface area contributed by atoms with E-state index in [4.69, 9.17) is 9.47 Å². The smallest absolute Gasteiger partial charge is 0.214 e. The molecule has 2 aliphatic heterocycles. The summed E-state index contributed by atoms with van der Waals surface area (Å²) in [6.07, 6.45) is -19.9.